The van der Waals surface area contributed by atoms with Gasteiger partial charge < -0.3 is 19.4 Å². The van der Waals surface area contributed by atoms with Crippen LogP contribution in [-0.4, -0.2) is 37.4 Å². The smallest absolute Gasteiger partial charge is 0.374 e. The number of nitrogens with one attached hydrogen (secondary N) is 1. The molecule has 1 aliphatic rings. The molecule has 7 heteroatoms. The van der Waals surface area contributed by atoms with Crippen LogP contribution < -0.4 is 10.2 Å². The predicted molar refractivity (Wildman–Crippen MR) is 126 cm³/mol. The molecule has 1 fully saturated rings. The summed E-state index contributed by atoms with van der Waals surface area (Å²) >= 11 is 0. The molecule has 170 valence electrons. The van der Waals surface area contributed by atoms with Crippen LogP contribution in [0.2, 0.25) is 0 Å². The lowest BCUT2D eigenvalue weighted by Crippen LogP contribution is -2.29. The third-order valence-electron chi connectivity index (χ3n) is 5.59. The molecule has 1 aromatic heterocycles. The van der Waals surface area contributed by atoms with Gasteiger partial charge in [-0.3, -0.25) is 9.59 Å². The van der Waals surface area contributed by atoms with E-state index in [2.05, 4.69) is 10.2 Å². The minimum absolute atomic E-state index is 0.000621. The Labute approximate surface area is 192 Å². The minimum atomic E-state index is -0.725. The van der Waals surface area contributed by atoms with Crippen molar-refractivity contribution in [3.63, 3.8) is 0 Å². The first kappa shape index (κ1) is 22.3. The quantitative estimate of drug-likeness (QED) is 0.409. The van der Waals surface area contributed by atoms with Gasteiger partial charge in [0.25, 0.3) is 5.91 Å². The van der Waals surface area contributed by atoms with Crippen molar-refractivity contribution < 1.29 is 23.5 Å². The molecule has 0 aliphatic carbocycles. The number of rotatable bonds is 7. The van der Waals surface area contributed by atoms with Crippen LogP contribution in [0, 0.1) is 0 Å². The van der Waals surface area contributed by atoms with Gasteiger partial charge in [0, 0.05) is 35.6 Å². The number of esters is 1. The number of hydrogen-bond acceptors (Lipinski definition) is 6. The second-order valence-corrected chi connectivity index (χ2v) is 8.02. The fraction of sp³-hybridized carbons (Fsp3) is 0.269. The lowest BCUT2D eigenvalue weighted by atomic mass is 10.1. The number of hydrogen-bond donors (Lipinski definition) is 1. The number of ether oxygens (including phenoxy) is 1. The Morgan fingerprint density at radius 1 is 0.909 bits per heavy atom. The van der Waals surface area contributed by atoms with Gasteiger partial charge in [0.2, 0.25) is 5.76 Å². The van der Waals surface area contributed by atoms with Crippen LogP contribution in [0.25, 0.3) is 11.3 Å². The van der Waals surface area contributed by atoms with E-state index in [0.29, 0.717) is 17.0 Å². The Hall–Kier alpha value is -3.87. The highest BCUT2D eigenvalue weighted by atomic mass is 16.5. The summed E-state index contributed by atoms with van der Waals surface area (Å²) in [4.78, 5) is 38.2. The molecule has 0 saturated carbocycles. The van der Waals surface area contributed by atoms with E-state index in [4.69, 9.17) is 9.15 Å². The van der Waals surface area contributed by atoms with Gasteiger partial charge in [0.15, 0.2) is 12.4 Å². The summed E-state index contributed by atoms with van der Waals surface area (Å²) < 4.78 is 10.6. The van der Waals surface area contributed by atoms with E-state index in [1.54, 1.807) is 30.3 Å². The fourth-order valence-corrected chi connectivity index (χ4v) is 3.78. The highest BCUT2D eigenvalue weighted by Crippen LogP contribution is 2.24. The Bertz CT molecular complexity index is 1130. The maximum Gasteiger partial charge on any atom is 0.374 e. The number of furan rings is 1. The molecule has 1 N–H and O–H groups in total. The summed E-state index contributed by atoms with van der Waals surface area (Å²) in [6, 6.07) is 17.7. The number of ketones is 1. The molecule has 0 unspecified atom stereocenters. The first-order chi connectivity index (χ1) is 16.0. The van der Waals surface area contributed by atoms with E-state index < -0.39 is 18.5 Å². The van der Waals surface area contributed by atoms with Crippen LogP contribution in [0.15, 0.2) is 65.1 Å². The molecule has 0 atom stereocenters. The third-order valence-corrected chi connectivity index (χ3v) is 5.59. The summed E-state index contributed by atoms with van der Waals surface area (Å²) in [5.74, 6) is -0.714. The lowest BCUT2D eigenvalue weighted by Gasteiger charge is -2.28. The molecule has 0 spiro atoms. The molecular weight excluding hydrogens is 420 g/mol. The summed E-state index contributed by atoms with van der Waals surface area (Å²) in [6.07, 6.45) is 3.68. The summed E-state index contributed by atoms with van der Waals surface area (Å²) in [6.45, 7) is 3.19. The fourth-order valence-electron chi connectivity index (χ4n) is 3.78. The van der Waals surface area contributed by atoms with E-state index in [9.17, 15) is 14.4 Å². The monoisotopic (exact) mass is 446 g/mol. The lowest BCUT2D eigenvalue weighted by molar-refractivity contribution is -0.119. The molecule has 1 saturated heterocycles. The van der Waals surface area contributed by atoms with Gasteiger partial charge in [-0.25, -0.2) is 4.79 Å². The van der Waals surface area contributed by atoms with Crippen molar-refractivity contribution in [3.8, 4) is 11.3 Å². The van der Waals surface area contributed by atoms with Crippen molar-refractivity contribution in [2.75, 3.05) is 29.9 Å². The molecule has 1 aliphatic heterocycles. The SMILES string of the molecule is CC(=O)c1ccc(-c2ccc(C(=O)OCC(=O)Nc3ccc(N4CCCCC4)cc3)o2)cc1. The predicted octanol–water partition coefficient (Wildman–Crippen LogP) is 4.94. The number of anilines is 2. The highest BCUT2D eigenvalue weighted by molar-refractivity contribution is 5.95. The number of piperidine rings is 1. The van der Waals surface area contributed by atoms with Gasteiger partial charge in [-0.15, -0.1) is 0 Å². The Morgan fingerprint density at radius 2 is 1.61 bits per heavy atom. The van der Waals surface area contributed by atoms with E-state index in [-0.39, 0.29) is 11.5 Å². The van der Waals surface area contributed by atoms with Crippen LogP contribution in [0.5, 0.6) is 0 Å². The zero-order chi connectivity index (χ0) is 23.2. The van der Waals surface area contributed by atoms with Crippen molar-refractivity contribution >= 4 is 29.0 Å². The summed E-state index contributed by atoms with van der Waals surface area (Å²) in [5.41, 5.74) is 3.11. The van der Waals surface area contributed by atoms with Gasteiger partial charge in [-0.1, -0.05) is 24.3 Å². The number of carbonyl (C=O) groups is 3. The van der Waals surface area contributed by atoms with E-state index in [1.165, 1.54) is 32.3 Å². The molecular formula is C26H26N2O5. The highest BCUT2D eigenvalue weighted by Gasteiger charge is 2.16. The Kier molecular flexibility index (Phi) is 6.88. The Balaban J connectivity index is 1.28. The number of amides is 1. The normalized spacial score (nSPS) is 13.4. The Morgan fingerprint density at radius 3 is 2.27 bits per heavy atom. The number of carbonyl (C=O) groups excluding carboxylic acids is 3. The molecule has 4 rings (SSSR count). The molecule has 33 heavy (non-hydrogen) atoms. The number of nitrogens with zero attached hydrogens (tertiary/aromatic N) is 1. The molecule has 3 aromatic rings. The van der Waals surface area contributed by atoms with Gasteiger partial charge in [0.05, 0.1) is 0 Å². The average molecular weight is 447 g/mol. The van der Waals surface area contributed by atoms with Crippen molar-refractivity contribution in [3.05, 3.63) is 72.0 Å². The number of benzene rings is 2. The molecule has 0 radical (unpaired) electrons. The number of Topliss-reactive ketones (excluding diaryl/α,β-unsaturated/α-hetero) is 1. The maximum absolute atomic E-state index is 12.3. The second kappa shape index (κ2) is 10.2. The zero-order valence-electron chi connectivity index (χ0n) is 18.5. The van der Waals surface area contributed by atoms with E-state index in [1.807, 2.05) is 24.3 Å². The largest absolute Gasteiger partial charge is 0.450 e. The van der Waals surface area contributed by atoms with Crippen LogP contribution in [0.1, 0.15) is 47.1 Å². The second-order valence-electron chi connectivity index (χ2n) is 8.02. The van der Waals surface area contributed by atoms with Gasteiger partial charge in [-0.2, -0.15) is 0 Å². The van der Waals surface area contributed by atoms with Gasteiger partial charge in [-0.05, 0) is 62.6 Å². The summed E-state index contributed by atoms with van der Waals surface area (Å²) in [5, 5.41) is 2.73. The third kappa shape index (κ3) is 5.68. The minimum Gasteiger partial charge on any atom is -0.450 e. The summed E-state index contributed by atoms with van der Waals surface area (Å²) in [7, 11) is 0. The van der Waals surface area contributed by atoms with Crippen molar-refractivity contribution in [2.24, 2.45) is 0 Å². The van der Waals surface area contributed by atoms with Crippen molar-refractivity contribution in [2.45, 2.75) is 26.2 Å². The van der Waals surface area contributed by atoms with Gasteiger partial charge >= 0.3 is 5.97 Å². The molecule has 1 amide bonds. The topological polar surface area (TPSA) is 88.8 Å². The molecule has 2 aromatic carbocycles. The standard InChI is InChI=1S/C26H26N2O5/c1-18(29)19-5-7-20(8-6-19)23-13-14-24(33-23)26(31)32-17-25(30)27-21-9-11-22(12-10-21)28-15-3-2-4-16-28/h5-14H,2-4,15-17H2,1H3,(H,27,30). The van der Waals surface area contributed by atoms with Crippen LogP contribution in [0.3, 0.4) is 0 Å². The van der Waals surface area contributed by atoms with Crippen molar-refractivity contribution in [1.82, 2.24) is 0 Å². The first-order valence-corrected chi connectivity index (χ1v) is 11.0. The van der Waals surface area contributed by atoms with E-state index in [0.717, 1.165) is 24.3 Å². The first-order valence-electron chi connectivity index (χ1n) is 11.0. The van der Waals surface area contributed by atoms with Crippen molar-refractivity contribution in [1.29, 1.82) is 0 Å². The van der Waals surface area contributed by atoms with Crippen LogP contribution >= 0.6 is 0 Å². The van der Waals surface area contributed by atoms with Crippen LogP contribution in [-0.2, 0) is 9.53 Å². The maximum atomic E-state index is 12.3. The van der Waals surface area contributed by atoms with E-state index >= 15 is 0 Å². The molecule has 2 heterocycles. The molecule has 0 bridgehead atoms. The molecule has 7 nitrogen and oxygen atoms in total. The zero-order valence-corrected chi connectivity index (χ0v) is 18.5. The van der Waals surface area contributed by atoms with Gasteiger partial charge in [0.1, 0.15) is 5.76 Å². The average Bonchev–Trinajstić information content (AvgIpc) is 3.34. The van der Waals surface area contributed by atoms with Crippen LogP contribution in [0.4, 0.5) is 11.4 Å².